The van der Waals surface area contributed by atoms with Crippen LogP contribution in [0.5, 0.6) is 0 Å². The standard InChI is InChI=1S/C19H31BFNO3S/c1-12-14(13(2)22-26(23)17(3,4)5)10-11-15(16(12)21)20-24-18(6,7)19(8,9)25-20/h10-11,13,22H,1-9H3/t13-,26?/m1/s1. The average molecular weight is 383 g/mol. The third kappa shape index (κ3) is 4.12. The summed E-state index contributed by atoms with van der Waals surface area (Å²) in [6.45, 7) is 17.1. The molecule has 1 aliphatic rings. The van der Waals surface area contributed by atoms with Gasteiger partial charge in [0.25, 0.3) is 0 Å². The second-order valence-electron chi connectivity index (χ2n) is 8.99. The van der Waals surface area contributed by atoms with Gasteiger partial charge in [0.1, 0.15) is 10.6 Å². The molecule has 4 nitrogen and oxygen atoms in total. The maximum atomic E-state index is 15.1. The lowest BCUT2D eigenvalue weighted by atomic mass is 9.77. The minimum absolute atomic E-state index is 0.239. The van der Waals surface area contributed by atoms with Gasteiger partial charge in [-0.2, -0.15) is 0 Å². The first kappa shape index (κ1) is 21.7. The summed E-state index contributed by atoms with van der Waals surface area (Å²) in [5.41, 5.74) is 0.655. The molecular formula is C19H31BFNO3S. The highest BCUT2D eigenvalue weighted by Crippen LogP contribution is 2.37. The van der Waals surface area contributed by atoms with Gasteiger partial charge < -0.3 is 13.9 Å². The molecule has 0 saturated carbocycles. The number of hydrogen-bond donors (Lipinski definition) is 1. The van der Waals surface area contributed by atoms with Crippen LogP contribution in [0, 0.1) is 12.7 Å². The lowest BCUT2D eigenvalue weighted by molar-refractivity contribution is 0.00578. The molecule has 1 fully saturated rings. The van der Waals surface area contributed by atoms with Crippen LogP contribution >= 0.6 is 0 Å². The van der Waals surface area contributed by atoms with E-state index in [1.807, 2.05) is 61.5 Å². The second-order valence-corrected chi connectivity index (χ2v) is 11.0. The van der Waals surface area contributed by atoms with E-state index < -0.39 is 29.7 Å². The molecule has 0 amide bonds. The molecule has 26 heavy (non-hydrogen) atoms. The fourth-order valence-corrected chi connectivity index (χ4v) is 3.54. The summed E-state index contributed by atoms with van der Waals surface area (Å²) < 4.78 is 42.0. The van der Waals surface area contributed by atoms with Crippen molar-refractivity contribution >= 4 is 23.9 Å². The summed E-state index contributed by atoms with van der Waals surface area (Å²) in [4.78, 5) is 0. The molecule has 146 valence electrons. The summed E-state index contributed by atoms with van der Waals surface area (Å²) in [7, 11) is -0.736. The van der Waals surface area contributed by atoms with Crippen LogP contribution in [-0.2, 0) is 20.7 Å². The van der Waals surface area contributed by atoms with Gasteiger partial charge in [0.2, 0.25) is 0 Å². The van der Waals surface area contributed by atoms with E-state index in [2.05, 4.69) is 4.72 Å². The number of benzene rings is 1. The molecule has 1 unspecified atom stereocenters. The van der Waals surface area contributed by atoms with Crippen molar-refractivity contribution in [3.8, 4) is 0 Å². The Morgan fingerprint density at radius 3 is 2.12 bits per heavy atom. The second kappa shape index (κ2) is 7.10. The zero-order valence-electron chi connectivity index (χ0n) is 17.3. The molecular weight excluding hydrogens is 352 g/mol. The quantitative estimate of drug-likeness (QED) is 0.638. The van der Waals surface area contributed by atoms with Gasteiger partial charge >= 0.3 is 7.12 Å². The maximum Gasteiger partial charge on any atom is 0.497 e. The van der Waals surface area contributed by atoms with Crippen LogP contribution in [0.3, 0.4) is 0 Å². The van der Waals surface area contributed by atoms with Crippen LogP contribution < -0.4 is 10.2 Å². The van der Waals surface area contributed by atoms with Crippen molar-refractivity contribution in [2.75, 3.05) is 0 Å². The van der Waals surface area contributed by atoms with Crippen LogP contribution in [0.2, 0.25) is 0 Å². The van der Waals surface area contributed by atoms with Crippen molar-refractivity contribution in [3.63, 3.8) is 0 Å². The van der Waals surface area contributed by atoms with Crippen LogP contribution in [0.4, 0.5) is 4.39 Å². The number of hydrogen-bond acceptors (Lipinski definition) is 4. The predicted molar refractivity (Wildman–Crippen MR) is 106 cm³/mol. The van der Waals surface area contributed by atoms with Crippen molar-refractivity contribution < 1.29 is 18.3 Å². The van der Waals surface area contributed by atoms with Crippen molar-refractivity contribution in [2.24, 2.45) is 0 Å². The monoisotopic (exact) mass is 383 g/mol. The third-order valence-electron chi connectivity index (χ3n) is 5.27. The van der Waals surface area contributed by atoms with Gasteiger partial charge in [-0.05, 0) is 73.4 Å². The highest BCUT2D eigenvalue weighted by molar-refractivity contribution is 7.90. The molecule has 2 rings (SSSR count). The first-order valence-corrected chi connectivity index (χ1v) is 10.1. The summed E-state index contributed by atoms with van der Waals surface area (Å²) in [5, 5.41) is 0. The van der Waals surface area contributed by atoms with Gasteiger partial charge in [0, 0.05) is 16.8 Å². The Kier molecular flexibility index (Phi) is 5.92. The van der Waals surface area contributed by atoms with E-state index in [1.54, 1.807) is 13.0 Å². The molecule has 0 aliphatic carbocycles. The fourth-order valence-electron chi connectivity index (χ4n) is 2.74. The van der Waals surface area contributed by atoms with Gasteiger partial charge in [0.15, 0.2) is 0 Å². The molecule has 1 aromatic carbocycles. The SMILES string of the molecule is Cc1c([C@@H](C)N[S+]([O-])C(C)(C)C)ccc(B2OC(C)(C)C(C)(C)O2)c1F. The molecule has 0 spiro atoms. The van der Waals surface area contributed by atoms with E-state index in [-0.39, 0.29) is 16.6 Å². The lowest BCUT2D eigenvalue weighted by Crippen LogP contribution is -2.41. The molecule has 0 bridgehead atoms. The highest BCUT2D eigenvalue weighted by atomic mass is 32.2. The Bertz CT molecular complexity index is 659. The molecule has 1 N–H and O–H groups in total. The average Bonchev–Trinajstić information content (AvgIpc) is 2.68. The maximum absolute atomic E-state index is 15.1. The summed E-state index contributed by atoms with van der Waals surface area (Å²) in [6, 6.07) is 3.32. The molecule has 7 heteroatoms. The highest BCUT2D eigenvalue weighted by Gasteiger charge is 2.52. The minimum Gasteiger partial charge on any atom is -0.598 e. The van der Waals surface area contributed by atoms with E-state index >= 15 is 4.39 Å². The van der Waals surface area contributed by atoms with Crippen LogP contribution in [0.25, 0.3) is 0 Å². The molecule has 1 aliphatic heterocycles. The van der Waals surface area contributed by atoms with Crippen LogP contribution in [0.1, 0.15) is 72.6 Å². The summed E-state index contributed by atoms with van der Waals surface area (Å²) >= 11 is -1.23. The Morgan fingerprint density at radius 2 is 1.65 bits per heavy atom. The number of rotatable bonds is 4. The van der Waals surface area contributed by atoms with Crippen molar-refractivity contribution in [2.45, 2.75) is 84.3 Å². The van der Waals surface area contributed by atoms with Crippen molar-refractivity contribution in [1.82, 2.24) is 4.72 Å². The third-order valence-corrected chi connectivity index (χ3v) is 6.95. The normalized spacial score (nSPS) is 21.7. The van der Waals surface area contributed by atoms with E-state index in [0.29, 0.717) is 11.0 Å². The van der Waals surface area contributed by atoms with E-state index in [4.69, 9.17) is 9.31 Å². The minimum atomic E-state index is -1.23. The molecule has 2 atom stereocenters. The van der Waals surface area contributed by atoms with E-state index in [9.17, 15) is 4.55 Å². The van der Waals surface area contributed by atoms with Gasteiger partial charge in [-0.25, -0.2) is 4.39 Å². The van der Waals surface area contributed by atoms with Gasteiger partial charge in [0.05, 0.1) is 17.2 Å². The van der Waals surface area contributed by atoms with Crippen LogP contribution in [0.15, 0.2) is 12.1 Å². The predicted octanol–water partition coefficient (Wildman–Crippen LogP) is 3.55. The molecule has 1 aromatic rings. The van der Waals surface area contributed by atoms with Crippen molar-refractivity contribution in [3.05, 3.63) is 29.1 Å². The molecule has 0 radical (unpaired) electrons. The zero-order chi connectivity index (χ0) is 20.1. The Hall–Kier alpha value is -0.595. The van der Waals surface area contributed by atoms with Gasteiger partial charge in [-0.1, -0.05) is 12.1 Å². The molecule has 0 aromatic heterocycles. The Morgan fingerprint density at radius 1 is 1.15 bits per heavy atom. The van der Waals surface area contributed by atoms with E-state index in [1.165, 1.54) is 0 Å². The van der Waals surface area contributed by atoms with Crippen molar-refractivity contribution in [1.29, 1.82) is 0 Å². The summed E-state index contributed by atoms with van der Waals surface area (Å²) in [6.07, 6.45) is 0. The van der Waals surface area contributed by atoms with E-state index in [0.717, 1.165) is 5.56 Å². The topological polar surface area (TPSA) is 53.5 Å². The van der Waals surface area contributed by atoms with Gasteiger partial charge in [-0.3, -0.25) is 0 Å². The fraction of sp³-hybridized carbons (Fsp3) is 0.684. The molecule has 1 heterocycles. The molecule has 1 saturated heterocycles. The first-order valence-electron chi connectivity index (χ1n) is 9.00. The largest absolute Gasteiger partial charge is 0.598 e. The van der Waals surface area contributed by atoms with Crippen LogP contribution in [-0.4, -0.2) is 27.6 Å². The number of nitrogens with one attached hydrogen (secondary N) is 1. The first-order chi connectivity index (χ1) is 11.7. The van der Waals surface area contributed by atoms with Gasteiger partial charge in [-0.15, -0.1) is 4.72 Å². The smallest absolute Gasteiger partial charge is 0.497 e. The lowest BCUT2D eigenvalue weighted by Gasteiger charge is -2.32. The number of halogens is 1. The Labute approximate surface area is 160 Å². The summed E-state index contributed by atoms with van der Waals surface area (Å²) in [5.74, 6) is -0.337. The zero-order valence-corrected chi connectivity index (χ0v) is 18.1. The Balaban J connectivity index is 2.27.